The van der Waals surface area contributed by atoms with Crippen molar-refractivity contribution < 1.29 is 18.7 Å². The summed E-state index contributed by atoms with van der Waals surface area (Å²) in [6.07, 6.45) is 0. The molecule has 6 nitrogen and oxygen atoms in total. The van der Waals surface area contributed by atoms with E-state index in [1.54, 1.807) is 11.8 Å². The first-order chi connectivity index (χ1) is 9.99. The highest BCUT2D eigenvalue weighted by Crippen LogP contribution is 2.13. The summed E-state index contributed by atoms with van der Waals surface area (Å²) < 4.78 is 18.3. The van der Waals surface area contributed by atoms with Gasteiger partial charge in [0, 0.05) is 18.8 Å². The molecule has 1 atom stereocenters. The van der Waals surface area contributed by atoms with Crippen molar-refractivity contribution in [2.45, 2.75) is 13.0 Å². The highest BCUT2D eigenvalue weighted by Gasteiger charge is 2.24. The van der Waals surface area contributed by atoms with E-state index in [2.05, 4.69) is 5.32 Å². The number of nitrogens with two attached hydrogens (primary N) is 1. The van der Waals surface area contributed by atoms with Crippen LogP contribution in [0.4, 0.5) is 10.1 Å². The average Bonchev–Trinajstić information content (AvgIpc) is 2.49. The summed E-state index contributed by atoms with van der Waals surface area (Å²) in [6.45, 7) is 3.57. The number of nitrogens with one attached hydrogen (secondary N) is 1. The molecule has 1 unspecified atom stereocenters. The number of halogens is 1. The van der Waals surface area contributed by atoms with E-state index in [1.807, 2.05) is 0 Å². The molecule has 0 bridgehead atoms. The number of ether oxygens (including phenoxy) is 1. The van der Waals surface area contributed by atoms with Crippen LogP contribution >= 0.6 is 0 Å². The molecular formula is C14H18FN3O3. The summed E-state index contributed by atoms with van der Waals surface area (Å²) in [5.74, 6) is -1.32. The van der Waals surface area contributed by atoms with E-state index in [4.69, 9.17) is 10.5 Å². The molecule has 1 saturated heterocycles. The number of nitrogen functional groups attached to an aromatic ring is 1. The van der Waals surface area contributed by atoms with Gasteiger partial charge in [0.2, 0.25) is 5.91 Å². The van der Waals surface area contributed by atoms with Crippen molar-refractivity contribution >= 4 is 17.5 Å². The van der Waals surface area contributed by atoms with Gasteiger partial charge in [-0.25, -0.2) is 4.39 Å². The van der Waals surface area contributed by atoms with Crippen molar-refractivity contribution in [1.82, 2.24) is 10.2 Å². The van der Waals surface area contributed by atoms with Crippen LogP contribution in [0.15, 0.2) is 18.2 Å². The minimum Gasteiger partial charge on any atom is -0.398 e. The molecule has 0 radical (unpaired) electrons. The van der Waals surface area contributed by atoms with Crippen LogP contribution in [-0.2, 0) is 9.53 Å². The van der Waals surface area contributed by atoms with Crippen molar-refractivity contribution in [3.05, 3.63) is 29.6 Å². The summed E-state index contributed by atoms with van der Waals surface area (Å²) in [5, 5.41) is 2.54. The fourth-order valence-corrected chi connectivity index (χ4v) is 2.12. The molecule has 1 aliphatic heterocycles. The lowest BCUT2D eigenvalue weighted by Crippen LogP contribution is -2.50. The lowest BCUT2D eigenvalue weighted by Gasteiger charge is -2.29. The number of rotatable bonds is 3. The Labute approximate surface area is 122 Å². The smallest absolute Gasteiger partial charge is 0.254 e. The largest absolute Gasteiger partial charge is 0.398 e. The lowest BCUT2D eigenvalue weighted by molar-refractivity contribution is -0.136. The Morgan fingerprint density at radius 2 is 2.05 bits per heavy atom. The molecule has 1 aliphatic rings. The third-order valence-corrected chi connectivity index (χ3v) is 3.30. The van der Waals surface area contributed by atoms with Gasteiger partial charge in [-0.2, -0.15) is 0 Å². The third-order valence-electron chi connectivity index (χ3n) is 3.30. The van der Waals surface area contributed by atoms with E-state index in [9.17, 15) is 14.0 Å². The minimum absolute atomic E-state index is 0.0247. The first kappa shape index (κ1) is 15.2. The number of anilines is 1. The van der Waals surface area contributed by atoms with Crippen molar-refractivity contribution in [2.24, 2.45) is 0 Å². The Morgan fingerprint density at radius 1 is 1.38 bits per heavy atom. The summed E-state index contributed by atoms with van der Waals surface area (Å²) in [6, 6.07) is 2.84. The fourth-order valence-electron chi connectivity index (χ4n) is 2.12. The van der Waals surface area contributed by atoms with Crippen molar-refractivity contribution in [1.29, 1.82) is 0 Å². The van der Waals surface area contributed by atoms with E-state index in [-0.39, 0.29) is 17.2 Å². The molecule has 3 N–H and O–H groups in total. The zero-order valence-electron chi connectivity index (χ0n) is 11.8. The van der Waals surface area contributed by atoms with Gasteiger partial charge in [0.25, 0.3) is 5.91 Å². The normalized spacial score (nSPS) is 16.4. The number of benzene rings is 1. The monoisotopic (exact) mass is 295 g/mol. The van der Waals surface area contributed by atoms with Gasteiger partial charge in [-0.1, -0.05) is 0 Å². The zero-order valence-corrected chi connectivity index (χ0v) is 11.8. The van der Waals surface area contributed by atoms with Crippen LogP contribution in [0, 0.1) is 5.82 Å². The molecule has 0 spiro atoms. The SMILES string of the molecule is CC(NC(=O)c1cc(F)ccc1N)C(=O)N1CCOCC1. The third kappa shape index (κ3) is 3.69. The molecule has 7 heteroatoms. The number of carbonyl (C=O) groups is 2. The summed E-state index contributed by atoms with van der Waals surface area (Å²) >= 11 is 0. The van der Waals surface area contributed by atoms with Gasteiger partial charge in [0.1, 0.15) is 11.9 Å². The average molecular weight is 295 g/mol. The van der Waals surface area contributed by atoms with Crippen LogP contribution in [0.2, 0.25) is 0 Å². The first-order valence-electron chi connectivity index (χ1n) is 6.71. The zero-order chi connectivity index (χ0) is 15.4. The predicted molar refractivity (Wildman–Crippen MR) is 75.1 cm³/mol. The van der Waals surface area contributed by atoms with Crippen molar-refractivity contribution in [2.75, 3.05) is 32.0 Å². The standard InChI is InChI=1S/C14H18FN3O3/c1-9(14(20)18-4-6-21-7-5-18)17-13(19)11-8-10(15)2-3-12(11)16/h2-3,8-9H,4-7,16H2,1H3,(H,17,19). The van der Waals surface area contributed by atoms with E-state index < -0.39 is 17.8 Å². The second-order valence-corrected chi connectivity index (χ2v) is 4.86. The molecule has 1 heterocycles. The highest BCUT2D eigenvalue weighted by molar-refractivity contribution is 6.01. The summed E-state index contributed by atoms with van der Waals surface area (Å²) in [4.78, 5) is 25.9. The molecular weight excluding hydrogens is 277 g/mol. The van der Waals surface area contributed by atoms with Crippen LogP contribution in [0.5, 0.6) is 0 Å². The second-order valence-electron chi connectivity index (χ2n) is 4.86. The molecule has 1 fully saturated rings. The Morgan fingerprint density at radius 3 is 2.71 bits per heavy atom. The Hall–Kier alpha value is -2.15. The Kier molecular flexibility index (Phi) is 4.74. The number of morpholine rings is 1. The van der Waals surface area contributed by atoms with E-state index >= 15 is 0 Å². The number of amides is 2. The molecule has 114 valence electrons. The van der Waals surface area contributed by atoms with Gasteiger partial charge in [-0.3, -0.25) is 9.59 Å². The van der Waals surface area contributed by atoms with Gasteiger partial charge >= 0.3 is 0 Å². The fraction of sp³-hybridized carbons (Fsp3) is 0.429. The minimum atomic E-state index is -0.710. The van der Waals surface area contributed by atoms with Crippen LogP contribution in [0.3, 0.4) is 0 Å². The maximum Gasteiger partial charge on any atom is 0.254 e. The molecule has 2 amide bonds. The molecule has 21 heavy (non-hydrogen) atoms. The molecule has 1 aromatic rings. The first-order valence-corrected chi connectivity index (χ1v) is 6.71. The van der Waals surface area contributed by atoms with Crippen LogP contribution < -0.4 is 11.1 Å². The van der Waals surface area contributed by atoms with Gasteiger partial charge in [-0.15, -0.1) is 0 Å². The molecule has 0 saturated carbocycles. The van der Waals surface area contributed by atoms with Crippen LogP contribution in [0.25, 0.3) is 0 Å². The maximum absolute atomic E-state index is 13.2. The van der Waals surface area contributed by atoms with Crippen LogP contribution in [0.1, 0.15) is 17.3 Å². The van der Waals surface area contributed by atoms with Crippen LogP contribution in [-0.4, -0.2) is 49.1 Å². The predicted octanol–water partition coefficient (Wildman–Crippen LogP) is 0.385. The molecule has 0 aromatic heterocycles. The lowest BCUT2D eigenvalue weighted by atomic mass is 10.1. The Bertz CT molecular complexity index is 544. The Balaban J connectivity index is 2.01. The maximum atomic E-state index is 13.2. The number of carbonyl (C=O) groups excluding carboxylic acids is 2. The highest BCUT2D eigenvalue weighted by atomic mass is 19.1. The quantitative estimate of drug-likeness (QED) is 0.790. The van der Waals surface area contributed by atoms with E-state index in [0.29, 0.717) is 26.3 Å². The topological polar surface area (TPSA) is 84.7 Å². The summed E-state index contributed by atoms with van der Waals surface area (Å²) in [7, 11) is 0. The van der Waals surface area contributed by atoms with Gasteiger partial charge < -0.3 is 20.7 Å². The van der Waals surface area contributed by atoms with E-state index in [1.165, 1.54) is 12.1 Å². The van der Waals surface area contributed by atoms with Crippen molar-refractivity contribution in [3.8, 4) is 0 Å². The molecule has 0 aliphatic carbocycles. The summed E-state index contributed by atoms with van der Waals surface area (Å²) in [5.41, 5.74) is 5.84. The second kappa shape index (κ2) is 6.53. The number of hydrogen-bond donors (Lipinski definition) is 2. The van der Waals surface area contributed by atoms with E-state index in [0.717, 1.165) is 6.07 Å². The van der Waals surface area contributed by atoms with Gasteiger partial charge in [-0.05, 0) is 25.1 Å². The number of nitrogens with zero attached hydrogens (tertiary/aromatic N) is 1. The van der Waals surface area contributed by atoms with Crippen molar-refractivity contribution in [3.63, 3.8) is 0 Å². The number of hydrogen-bond acceptors (Lipinski definition) is 4. The molecule has 2 rings (SSSR count). The molecule has 1 aromatic carbocycles. The van der Waals surface area contributed by atoms with Gasteiger partial charge in [0.15, 0.2) is 0 Å². The van der Waals surface area contributed by atoms with Gasteiger partial charge in [0.05, 0.1) is 18.8 Å².